The first kappa shape index (κ1) is 26.9. The van der Waals surface area contributed by atoms with Crippen molar-refractivity contribution in [1.82, 2.24) is 0 Å². The molecule has 4 bridgehead atoms. The van der Waals surface area contributed by atoms with Crippen molar-refractivity contribution < 1.29 is 19.0 Å². The number of fused-ring (bicyclic) bond motifs is 2. The molecule has 220 valence electrons. The van der Waals surface area contributed by atoms with E-state index in [1.54, 1.807) is 0 Å². The van der Waals surface area contributed by atoms with Gasteiger partial charge in [0.05, 0.1) is 0 Å². The molecule has 0 saturated heterocycles. The molecule has 0 radical (unpaired) electrons. The molecule has 0 spiro atoms. The van der Waals surface area contributed by atoms with Crippen molar-refractivity contribution in [3.63, 3.8) is 0 Å². The van der Waals surface area contributed by atoms with Crippen molar-refractivity contribution in [2.24, 2.45) is 23.7 Å². The number of esters is 1. The van der Waals surface area contributed by atoms with Crippen LogP contribution in [0.2, 0.25) is 0 Å². The number of hydrogen-bond donors (Lipinski definition) is 1. The monoisotopic (exact) mass is 590 g/mol. The first-order valence-electron chi connectivity index (χ1n) is 15.7. The van der Waals surface area contributed by atoms with Crippen molar-refractivity contribution >= 4 is 16.9 Å². The summed E-state index contributed by atoms with van der Waals surface area (Å²) in [7, 11) is -0.607. The van der Waals surface area contributed by atoms with Gasteiger partial charge in [-0.15, -0.1) is 0 Å². The first-order valence-corrected chi connectivity index (χ1v) is 17.0. The number of rotatable bonds is 7. The highest BCUT2D eigenvalue weighted by Crippen LogP contribution is 2.60. The molecular formula is C38H38O4S. The number of benzene rings is 4. The summed E-state index contributed by atoms with van der Waals surface area (Å²) >= 11 is 0. The van der Waals surface area contributed by atoms with Gasteiger partial charge in [0.25, 0.3) is 0 Å². The third-order valence-electron chi connectivity index (χ3n) is 10.5. The van der Waals surface area contributed by atoms with E-state index < -0.39 is 10.9 Å². The van der Waals surface area contributed by atoms with Crippen LogP contribution in [0.25, 0.3) is 0 Å². The zero-order chi connectivity index (χ0) is 29.0. The van der Waals surface area contributed by atoms with Crippen molar-refractivity contribution in [3.05, 3.63) is 108 Å². The fraction of sp³-hybridized carbons (Fsp3) is 0.342. The largest absolute Gasteiger partial charge is 0.482 e. The Balaban J connectivity index is 0.896. The molecule has 43 heavy (non-hydrogen) atoms. The van der Waals surface area contributed by atoms with Crippen LogP contribution in [0.4, 0.5) is 0 Å². The lowest BCUT2D eigenvalue weighted by atomic mass is 9.50. The molecule has 9 rings (SSSR count). The van der Waals surface area contributed by atoms with Crippen molar-refractivity contribution in [2.45, 2.75) is 65.7 Å². The SMILES string of the molecule is CC1(OC(=O)COc2ccc(Oc3ccc([SH]4c5ccccc5Cc5ccccc54)cc3)cc2)C2CC3CC(C2)CC1C3. The lowest BCUT2D eigenvalue weighted by Crippen LogP contribution is -2.58. The Morgan fingerprint density at radius 2 is 1.21 bits per heavy atom. The number of ether oxygens (including phenoxy) is 3. The van der Waals surface area contributed by atoms with E-state index in [1.807, 2.05) is 24.3 Å². The maximum absolute atomic E-state index is 12.8. The summed E-state index contributed by atoms with van der Waals surface area (Å²) in [4.78, 5) is 17.0. The molecule has 0 N–H and O–H groups in total. The molecule has 1 aliphatic heterocycles. The van der Waals surface area contributed by atoms with Crippen LogP contribution >= 0.6 is 10.9 Å². The third-order valence-corrected chi connectivity index (χ3v) is 13.1. The Hall–Kier alpha value is -3.70. The Kier molecular flexibility index (Phi) is 6.74. The zero-order valence-corrected chi connectivity index (χ0v) is 25.5. The van der Waals surface area contributed by atoms with Gasteiger partial charge in [0.15, 0.2) is 6.61 Å². The average molecular weight is 591 g/mol. The molecule has 4 nitrogen and oxygen atoms in total. The lowest BCUT2D eigenvalue weighted by Gasteiger charge is -2.59. The van der Waals surface area contributed by atoms with Gasteiger partial charge in [0, 0.05) is 0 Å². The van der Waals surface area contributed by atoms with Crippen molar-refractivity contribution in [1.29, 1.82) is 0 Å². The minimum atomic E-state index is -0.607. The van der Waals surface area contributed by atoms with Crippen LogP contribution in [0.5, 0.6) is 17.2 Å². The predicted molar refractivity (Wildman–Crippen MR) is 169 cm³/mol. The molecular weight excluding hydrogens is 552 g/mol. The molecule has 4 fully saturated rings. The number of hydrogen-bond acceptors (Lipinski definition) is 4. The van der Waals surface area contributed by atoms with Crippen LogP contribution in [0.1, 0.15) is 50.2 Å². The molecule has 4 saturated carbocycles. The average Bonchev–Trinajstić information content (AvgIpc) is 3.02. The van der Waals surface area contributed by atoms with E-state index in [4.69, 9.17) is 14.2 Å². The number of thiol groups is 1. The van der Waals surface area contributed by atoms with Gasteiger partial charge in [0.1, 0.15) is 22.8 Å². The minimum absolute atomic E-state index is 0.0706. The Labute approximate surface area is 256 Å². The molecule has 5 aliphatic rings. The fourth-order valence-electron chi connectivity index (χ4n) is 8.48. The van der Waals surface area contributed by atoms with E-state index >= 15 is 0 Å². The fourth-order valence-corrected chi connectivity index (χ4v) is 11.1. The van der Waals surface area contributed by atoms with Crippen LogP contribution in [0.15, 0.2) is 112 Å². The topological polar surface area (TPSA) is 44.8 Å². The minimum Gasteiger partial charge on any atom is -0.482 e. The van der Waals surface area contributed by atoms with Crippen LogP contribution in [-0.2, 0) is 16.0 Å². The molecule has 4 aliphatic carbocycles. The third kappa shape index (κ3) is 5.02. The summed E-state index contributed by atoms with van der Waals surface area (Å²) < 4.78 is 18.1. The van der Waals surface area contributed by atoms with Gasteiger partial charge in [-0.2, -0.15) is 10.9 Å². The van der Waals surface area contributed by atoms with E-state index in [0.29, 0.717) is 17.6 Å². The number of carbonyl (C=O) groups excluding carboxylic acids is 1. The smallest absolute Gasteiger partial charge is 0.344 e. The molecule has 4 aromatic rings. The van der Waals surface area contributed by atoms with E-state index in [1.165, 1.54) is 57.9 Å². The molecule has 5 heteroatoms. The van der Waals surface area contributed by atoms with Gasteiger partial charge < -0.3 is 14.2 Å². The molecule has 4 aromatic carbocycles. The van der Waals surface area contributed by atoms with Gasteiger partial charge in [-0.3, -0.25) is 0 Å². The first-order chi connectivity index (χ1) is 21.0. The van der Waals surface area contributed by atoms with Gasteiger partial charge in [-0.1, -0.05) is 36.4 Å². The summed E-state index contributed by atoms with van der Waals surface area (Å²) in [5.74, 6) is 4.59. The van der Waals surface area contributed by atoms with Gasteiger partial charge >= 0.3 is 5.97 Å². The quantitative estimate of drug-likeness (QED) is 0.152. The summed E-state index contributed by atoms with van der Waals surface area (Å²) in [5, 5.41) is 0. The molecule has 1 heterocycles. The highest BCUT2D eigenvalue weighted by Gasteiger charge is 2.57. The second-order valence-electron chi connectivity index (χ2n) is 13.1. The maximum Gasteiger partial charge on any atom is 0.344 e. The van der Waals surface area contributed by atoms with E-state index in [2.05, 4.69) is 79.7 Å². The summed E-state index contributed by atoms with van der Waals surface area (Å²) in [6.45, 7) is 2.10. The zero-order valence-electron chi connectivity index (χ0n) is 24.6. The highest BCUT2D eigenvalue weighted by atomic mass is 32.2. The molecule has 0 atom stereocenters. The van der Waals surface area contributed by atoms with E-state index in [-0.39, 0.29) is 18.2 Å². The van der Waals surface area contributed by atoms with Gasteiger partial charge in [-0.05, 0) is 156 Å². The number of carbonyl (C=O) groups is 1. The Morgan fingerprint density at radius 3 is 1.79 bits per heavy atom. The lowest BCUT2D eigenvalue weighted by molar-refractivity contribution is -0.204. The van der Waals surface area contributed by atoms with Crippen LogP contribution in [0.3, 0.4) is 0 Å². The molecule has 0 aromatic heterocycles. The Morgan fingerprint density at radius 1 is 0.698 bits per heavy atom. The van der Waals surface area contributed by atoms with E-state index in [0.717, 1.165) is 29.8 Å². The molecule has 0 unspecified atom stereocenters. The predicted octanol–water partition coefficient (Wildman–Crippen LogP) is 9.00. The normalized spacial score (nSPS) is 27.2. The second kappa shape index (κ2) is 10.8. The maximum atomic E-state index is 12.8. The van der Waals surface area contributed by atoms with Crippen molar-refractivity contribution in [3.8, 4) is 17.2 Å². The second-order valence-corrected chi connectivity index (χ2v) is 15.2. The van der Waals surface area contributed by atoms with Crippen LogP contribution < -0.4 is 9.47 Å². The summed E-state index contributed by atoms with van der Waals surface area (Å²) in [6.07, 6.45) is 7.23. The molecule has 0 amide bonds. The van der Waals surface area contributed by atoms with Crippen LogP contribution in [0, 0.1) is 23.7 Å². The van der Waals surface area contributed by atoms with Crippen LogP contribution in [-0.4, -0.2) is 18.2 Å². The highest BCUT2D eigenvalue weighted by molar-refractivity contribution is 8.17. The summed E-state index contributed by atoms with van der Waals surface area (Å²) in [6, 6.07) is 33.7. The van der Waals surface area contributed by atoms with E-state index in [9.17, 15) is 4.79 Å². The van der Waals surface area contributed by atoms with Crippen molar-refractivity contribution in [2.75, 3.05) is 6.61 Å². The summed E-state index contributed by atoms with van der Waals surface area (Å²) in [5.41, 5.74) is 2.52. The van der Waals surface area contributed by atoms with Gasteiger partial charge in [-0.25, -0.2) is 4.79 Å². The van der Waals surface area contributed by atoms with Gasteiger partial charge in [0.2, 0.25) is 0 Å². The Bertz CT molecular complexity index is 1570. The standard InChI is InChI=1S/C38H38O4S/c1-38(29-19-25-18-26(21-29)22-30(38)20-25)42-37(39)24-40-31-10-12-32(13-11-31)41-33-14-16-34(17-15-33)43-35-8-4-2-6-27(35)23-28-7-3-5-9-36(28)43/h2-17,25-26,29-30,43H,18-24H2,1H3.